The number of carbonyl (C=O) groups excluding carboxylic acids is 3. The number of alkyl halides is 3. The minimum atomic E-state index is -4.78. The average Bonchev–Trinajstić information content (AvgIpc) is 2.85. The zero-order chi connectivity index (χ0) is 19.6. The number of fused-ring (bicyclic) bond motifs is 1. The van der Waals surface area contributed by atoms with E-state index in [1.165, 1.54) is 17.0 Å². The summed E-state index contributed by atoms with van der Waals surface area (Å²) in [6.07, 6.45) is -1.56. The molecule has 1 aromatic carbocycles. The highest BCUT2D eigenvalue weighted by molar-refractivity contribution is 6.05. The smallest absolute Gasteiger partial charge is 0.406 e. The molecular weight excluding hydrogens is 365 g/mol. The number of hydrogen-bond acceptors (Lipinski definition) is 4. The lowest BCUT2D eigenvalue weighted by molar-refractivity contribution is -0.274. The Morgan fingerprint density at radius 1 is 1.07 bits per heavy atom. The molecule has 2 atom stereocenters. The second-order valence-corrected chi connectivity index (χ2v) is 6.70. The van der Waals surface area contributed by atoms with Gasteiger partial charge in [-0.2, -0.15) is 0 Å². The lowest BCUT2D eigenvalue weighted by Gasteiger charge is -2.19. The fourth-order valence-corrected chi connectivity index (χ4v) is 3.63. The van der Waals surface area contributed by atoms with Crippen LogP contribution in [0.2, 0.25) is 0 Å². The van der Waals surface area contributed by atoms with Gasteiger partial charge in [0.2, 0.25) is 17.7 Å². The lowest BCUT2D eigenvalue weighted by Crippen LogP contribution is -2.34. The molecule has 1 N–H and O–H groups in total. The highest BCUT2D eigenvalue weighted by Gasteiger charge is 2.47. The Balaban J connectivity index is 1.51. The van der Waals surface area contributed by atoms with E-state index in [4.69, 9.17) is 0 Å². The van der Waals surface area contributed by atoms with Gasteiger partial charge in [-0.3, -0.25) is 19.3 Å². The number of rotatable bonds is 5. The zero-order valence-corrected chi connectivity index (χ0v) is 14.4. The van der Waals surface area contributed by atoms with Gasteiger partial charge in [0.25, 0.3) is 0 Å². The summed E-state index contributed by atoms with van der Waals surface area (Å²) in [5.41, 5.74) is 0.294. The zero-order valence-electron chi connectivity index (χ0n) is 14.4. The Morgan fingerprint density at radius 3 is 2.15 bits per heavy atom. The van der Waals surface area contributed by atoms with Crippen molar-refractivity contribution >= 4 is 23.4 Å². The van der Waals surface area contributed by atoms with Gasteiger partial charge in [0, 0.05) is 18.7 Å². The highest BCUT2D eigenvalue weighted by Crippen LogP contribution is 2.38. The van der Waals surface area contributed by atoms with Gasteiger partial charge in [-0.25, -0.2) is 0 Å². The second-order valence-electron chi connectivity index (χ2n) is 6.70. The van der Waals surface area contributed by atoms with Crippen LogP contribution in [-0.2, 0) is 14.4 Å². The maximum atomic E-state index is 12.3. The van der Waals surface area contributed by atoms with E-state index in [2.05, 4.69) is 10.1 Å². The molecule has 9 heteroatoms. The van der Waals surface area contributed by atoms with Crippen LogP contribution in [0.25, 0.3) is 0 Å². The highest BCUT2D eigenvalue weighted by atomic mass is 19.4. The first-order valence-electron chi connectivity index (χ1n) is 8.75. The van der Waals surface area contributed by atoms with Gasteiger partial charge < -0.3 is 10.1 Å². The summed E-state index contributed by atoms with van der Waals surface area (Å²) in [5, 5.41) is 2.52. The van der Waals surface area contributed by atoms with E-state index >= 15 is 0 Å². The molecule has 0 unspecified atom stereocenters. The SMILES string of the molecule is O=C(CCN1C(=O)[C@@H]2CCCC[C@H]2C1=O)Nc1ccc(OC(F)(F)F)cc1. The fourth-order valence-electron chi connectivity index (χ4n) is 3.63. The van der Waals surface area contributed by atoms with Crippen molar-refractivity contribution in [2.24, 2.45) is 11.8 Å². The number of ether oxygens (including phenoxy) is 1. The van der Waals surface area contributed by atoms with Gasteiger partial charge in [-0.05, 0) is 37.1 Å². The molecule has 0 aromatic heterocycles. The van der Waals surface area contributed by atoms with E-state index in [0.29, 0.717) is 18.5 Å². The molecule has 2 fully saturated rings. The minimum Gasteiger partial charge on any atom is -0.406 e. The number of nitrogens with zero attached hydrogens (tertiary/aromatic N) is 1. The average molecular weight is 384 g/mol. The van der Waals surface area contributed by atoms with Crippen LogP contribution in [0.4, 0.5) is 18.9 Å². The summed E-state index contributed by atoms with van der Waals surface area (Å²) in [6, 6.07) is 4.72. The molecule has 1 saturated carbocycles. The van der Waals surface area contributed by atoms with Crippen LogP contribution in [0, 0.1) is 11.8 Å². The van der Waals surface area contributed by atoms with E-state index in [1.807, 2.05) is 0 Å². The predicted molar refractivity (Wildman–Crippen MR) is 88.5 cm³/mol. The van der Waals surface area contributed by atoms with Gasteiger partial charge in [0.1, 0.15) is 5.75 Å². The molecule has 1 aliphatic carbocycles. The van der Waals surface area contributed by atoms with Crippen molar-refractivity contribution in [1.29, 1.82) is 0 Å². The molecule has 1 heterocycles. The molecule has 6 nitrogen and oxygen atoms in total. The van der Waals surface area contributed by atoms with Gasteiger partial charge in [-0.1, -0.05) is 12.8 Å². The van der Waals surface area contributed by atoms with Crippen molar-refractivity contribution in [3.05, 3.63) is 24.3 Å². The summed E-state index contributed by atoms with van der Waals surface area (Å²) in [6.45, 7) is 0.00572. The van der Waals surface area contributed by atoms with E-state index in [0.717, 1.165) is 25.0 Å². The molecule has 3 amide bonds. The van der Waals surface area contributed by atoms with Gasteiger partial charge in [0.05, 0.1) is 11.8 Å². The molecule has 0 radical (unpaired) electrons. The molecule has 27 heavy (non-hydrogen) atoms. The Bertz CT molecular complexity index is 709. The lowest BCUT2D eigenvalue weighted by atomic mass is 9.81. The molecule has 146 valence electrons. The second kappa shape index (κ2) is 7.58. The Labute approximate surface area is 153 Å². The number of hydrogen-bond donors (Lipinski definition) is 1. The van der Waals surface area contributed by atoms with Crippen LogP contribution < -0.4 is 10.1 Å². The quantitative estimate of drug-likeness (QED) is 0.792. The number of amides is 3. The third-order valence-corrected chi connectivity index (χ3v) is 4.87. The fraction of sp³-hybridized carbons (Fsp3) is 0.500. The Hall–Kier alpha value is -2.58. The standard InChI is InChI=1S/C18H19F3N2O4/c19-18(20,21)27-12-7-5-11(6-8-12)22-15(24)9-10-23-16(25)13-3-1-2-4-14(13)17(23)26/h5-8,13-14H,1-4,9-10H2,(H,22,24)/t13-,14-/m1/s1. The molecule has 0 bridgehead atoms. The first-order chi connectivity index (χ1) is 12.7. The van der Waals surface area contributed by atoms with Crippen molar-refractivity contribution in [2.45, 2.75) is 38.5 Å². The van der Waals surface area contributed by atoms with Crippen molar-refractivity contribution in [3.63, 3.8) is 0 Å². The number of anilines is 1. The van der Waals surface area contributed by atoms with Crippen LogP contribution in [0.15, 0.2) is 24.3 Å². The van der Waals surface area contributed by atoms with E-state index < -0.39 is 18.0 Å². The maximum absolute atomic E-state index is 12.3. The number of imide groups is 1. The Morgan fingerprint density at radius 2 is 1.63 bits per heavy atom. The summed E-state index contributed by atoms with van der Waals surface area (Å²) in [4.78, 5) is 37.9. The first kappa shape index (κ1) is 19.2. The normalized spacial score (nSPS) is 22.6. The molecule has 1 saturated heterocycles. The molecule has 1 aliphatic heterocycles. The predicted octanol–water partition coefficient (Wildman–Crippen LogP) is 3.09. The van der Waals surface area contributed by atoms with Crippen molar-refractivity contribution in [2.75, 3.05) is 11.9 Å². The summed E-state index contributed by atoms with van der Waals surface area (Å²) in [7, 11) is 0. The topological polar surface area (TPSA) is 75.7 Å². The first-order valence-corrected chi connectivity index (χ1v) is 8.75. The molecule has 3 rings (SSSR count). The van der Waals surface area contributed by atoms with Gasteiger partial charge in [-0.15, -0.1) is 13.2 Å². The van der Waals surface area contributed by atoms with Gasteiger partial charge >= 0.3 is 6.36 Å². The van der Waals surface area contributed by atoms with Gasteiger partial charge in [0.15, 0.2) is 0 Å². The van der Waals surface area contributed by atoms with Crippen LogP contribution in [0.1, 0.15) is 32.1 Å². The molecule has 2 aliphatic rings. The van der Waals surface area contributed by atoms with Crippen molar-refractivity contribution < 1.29 is 32.3 Å². The van der Waals surface area contributed by atoms with E-state index in [-0.39, 0.29) is 36.6 Å². The third kappa shape index (κ3) is 4.58. The molecule has 0 spiro atoms. The van der Waals surface area contributed by atoms with E-state index in [9.17, 15) is 27.6 Å². The number of carbonyl (C=O) groups is 3. The number of halogens is 3. The van der Waals surface area contributed by atoms with Crippen LogP contribution in [-0.4, -0.2) is 35.5 Å². The number of nitrogens with one attached hydrogen (secondary N) is 1. The van der Waals surface area contributed by atoms with Crippen molar-refractivity contribution in [1.82, 2.24) is 4.90 Å². The monoisotopic (exact) mass is 384 g/mol. The number of benzene rings is 1. The summed E-state index contributed by atoms with van der Waals surface area (Å²) < 4.78 is 40.1. The van der Waals surface area contributed by atoms with E-state index in [1.54, 1.807) is 0 Å². The molecular formula is C18H19F3N2O4. The maximum Gasteiger partial charge on any atom is 0.573 e. The minimum absolute atomic E-state index is 0.00572. The summed E-state index contributed by atoms with van der Waals surface area (Å²) in [5.74, 6) is -1.74. The third-order valence-electron chi connectivity index (χ3n) is 4.87. The summed E-state index contributed by atoms with van der Waals surface area (Å²) >= 11 is 0. The molecule has 1 aromatic rings. The number of likely N-dealkylation sites (tertiary alicyclic amines) is 1. The van der Waals surface area contributed by atoms with Crippen LogP contribution in [0.5, 0.6) is 5.75 Å². The Kier molecular flexibility index (Phi) is 5.38. The van der Waals surface area contributed by atoms with Crippen LogP contribution >= 0.6 is 0 Å². The van der Waals surface area contributed by atoms with Crippen molar-refractivity contribution in [3.8, 4) is 5.75 Å². The van der Waals surface area contributed by atoms with Crippen LogP contribution in [0.3, 0.4) is 0 Å². The largest absolute Gasteiger partial charge is 0.573 e.